The molecule has 1 aliphatic heterocycles. The lowest BCUT2D eigenvalue weighted by atomic mass is 10.3. The van der Waals surface area contributed by atoms with Gasteiger partial charge in [0.25, 0.3) is 0 Å². The lowest BCUT2D eigenvalue weighted by Gasteiger charge is -2.17. The summed E-state index contributed by atoms with van der Waals surface area (Å²) in [4.78, 5) is 0. The van der Waals surface area contributed by atoms with Crippen LogP contribution in [-0.2, 0) is 16.0 Å². The van der Waals surface area contributed by atoms with Gasteiger partial charge in [0.1, 0.15) is 6.10 Å². The molecule has 0 aliphatic carbocycles. The molecule has 2 heterocycles. The lowest BCUT2D eigenvalue weighted by Crippen LogP contribution is -2.24. The van der Waals surface area contributed by atoms with Gasteiger partial charge in [0.2, 0.25) is 0 Å². The highest BCUT2D eigenvalue weighted by molar-refractivity contribution is 14.1. The Morgan fingerprint density at radius 3 is 2.62 bits per heavy atom. The van der Waals surface area contributed by atoms with Crippen molar-refractivity contribution in [3.63, 3.8) is 0 Å². The number of hydrogen-bond acceptors (Lipinski definition) is 3. The van der Waals surface area contributed by atoms with Gasteiger partial charge in [-0.3, -0.25) is 4.68 Å². The van der Waals surface area contributed by atoms with Crippen molar-refractivity contribution in [1.29, 1.82) is 0 Å². The molecular weight excluding hydrogens is 319 g/mol. The molecule has 90 valence electrons. The Bertz CT molecular complexity index is 401. The third kappa shape index (κ3) is 2.41. The molecule has 0 amide bonds. The van der Waals surface area contributed by atoms with Crippen LogP contribution in [0, 0.1) is 17.4 Å². The molecule has 5 heteroatoms. The molecule has 4 nitrogen and oxygen atoms in total. The van der Waals surface area contributed by atoms with Crippen LogP contribution in [0.25, 0.3) is 0 Å². The zero-order valence-electron chi connectivity index (χ0n) is 10.1. The molecule has 1 atom stereocenters. The minimum atomic E-state index is -0.450. The summed E-state index contributed by atoms with van der Waals surface area (Å²) < 4.78 is 14.5. The molecule has 1 aromatic rings. The van der Waals surface area contributed by atoms with Gasteiger partial charge in [-0.1, -0.05) is 0 Å². The van der Waals surface area contributed by atoms with Crippen LogP contribution in [0.1, 0.15) is 25.2 Å². The van der Waals surface area contributed by atoms with Crippen LogP contribution in [0.2, 0.25) is 0 Å². The summed E-state index contributed by atoms with van der Waals surface area (Å²) in [6.07, 6.45) is 0.101. The molecule has 0 N–H and O–H groups in total. The van der Waals surface area contributed by atoms with E-state index in [9.17, 15) is 0 Å². The van der Waals surface area contributed by atoms with Gasteiger partial charge in [0, 0.05) is 5.69 Å². The lowest BCUT2D eigenvalue weighted by molar-refractivity contribution is -0.139. The summed E-state index contributed by atoms with van der Waals surface area (Å²) in [5.74, 6) is -0.450. The summed E-state index contributed by atoms with van der Waals surface area (Å²) in [6, 6.07) is 0. The topological polar surface area (TPSA) is 36.3 Å². The van der Waals surface area contributed by atoms with Crippen molar-refractivity contribution in [1.82, 2.24) is 9.78 Å². The fourth-order valence-electron chi connectivity index (χ4n) is 1.90. The summed E-state index contributed by atoms with van der Waals surface area (Å²) in [5.41, 5.74) is 2.28. The van der Waals surface area contributed by atoms with Gasteiger partial charge in [-0.05, 0) is 50.3 Å². The molecule has 1 aliphatic rings. The Balaban J connectivity index is 2.08. The minimum Gasteiger partial charge on any atom is -0.348 e. The number of hydrogen-bond donors (Lipinski definition) is 0. The number of ether oxygens (including phenoxy) is 2. The number of rotatable bonds is 2. The fraction of sp³-hybridized carbons (Fsp3) is 0.727. The first-order chi connectivity index (χ1) is 7.39. The van der Waals surface area contributed by atoms with E-state index in [0.29, 0.717) is 6.61 Å². The third-order valence-electron chi connectivity index (χ3n) is 2.74. The predicted octanol–water partition coefficient (Wildman–Crippen LogP) is 2.26. The van der Waals surface area contributed by atoms with E-state index in [0.717, 1.165) is 12.2 Å². The first-order valence-corrected chi connectivity index (χ1v) is 6.48. The van der Waals surface area contributed by atoms with E-state index in [1.807, 2.05) is 25.5 Å². The number of halogens is 1. The Hall–Kier alpha value is -0.140. The van der Waals surface area contributed by atoms with Gasteiger partial charge in [0.05, 0.1) is 22.4 Å². The normalized spacial score (nSPS) is 23.9. The van der Waals surface area contributed by atoms with Gasteiger partial charge < -0.3 is 9.47 Å². The molecule has 0 aromatic carbocycles. The Morgan fingerprint density at radius 2 is 2.19 bits per heavy atom. The van der Waals surface area contributed by atoms with Gasteiger partial charge in [-0.15, -0.1) is 0 Å². The highest BCUT2D eigenvalue weighted by Crippen LogP contribution is 2.24. The molecule has 0 spiro atoms. The molecule has 0 unspecified atom stereocenters. The van der Waals surface area contributed by atoms with Crippen molar-refractivity contribution >= 4 is 22.6 Å². The van der Waals surface area contributed by atoms with Crippen molar-refractivity contribution < 1.29 is 9.47 Å². The zero-order valence-corrected chi connectivity index (χ0v) is 12.2. The van der Waals surface area contributed by atoms with Crippen LogP contribution in [0.4, 0.5) is 0 Å². The maximum Gasteiger partial charge on any atom is 0.163 e. The summed E-state index contributed by atoms with van der Waals surface area (Å²) in [7, 11) is 0. The number of nitrogens with zero attached hydrogens (tertiary/aromatic N) is 2. The molecule has 1 fully saturated rings. The average Bonchev–Trinajstić information content (AvgIpc) is 2.64. The quantitative estimate of drug-likeness (QED) is 0.778. The molecule has 0 saturated carbocycles. The Kier molecular flexibility index (Phi) is 3.29. The first kappa shape index (κ1) is 12.3. The van der Waals surface area contributed by atoms with Crippen LogP contribution >= 0.6 is 22.6 Å². The second-order valence-corrected chi connectivity index (χ2v) is 5.70. The first-order valence-electron chi connectivity index (χ1n) is 5.40. The highest BCUT2D eigenvalue weighted by Gasteiger charge is 2.33. The van der Waals surface area contributed by atoms with Crippen molar-refractivity contribution in [3.8, 4) is 0 Å². The van der Waals surface area contributed by atoms with Crippen molar-refractivity contribution in [2.45, 2.75) is 46.1 Å². The van der Waals surface area contributed by atoms with Gasteiger partial charge in [-0.2, -0.15) is 5.10 Å². The SMILES string of the molecule is Cc1nn(C[C@@H]2COC(C)(C)O2)c(C)c1I. The summed E-state index contributed by atoms with van der Waals surface area (Å²) >= 11 is 2.33. The second kappa shape index (κ2) is 4.27. The summed E-state index contributed by atoms with van der Waals surface area (Å²) in [6.45, 7) is 9.40. The van der Waals surface area contributed by atoms with Crippen molar-refractivity contribution in [3.05, 3.63) is 15.0 Å². The van der Waals surface area contributed by atoms with Crippen molar-refractivity contribution in [2.24, 2.45) is 0 Å². The molecule has 0 radical (unpaired) electrons. The monoisotopic (exact) mass is 336 g/mol. The fourth-order valence-corrected chi connectivity index (χ4v) is 2.29. The van der Waals surface area contributed by atoms with E-state index in [1.165, 1.54) is 9.26 Å². The largest absolute Gasteiger partial charge is 0.348 e. The number of aromatic nitrogens is 2. The van der Waals surface area contributed by atoms with E-state index >= 15 is 0 Å². The van der Waals surface area contributed by atoms with Crippen LogP contribution < -0.4 is 0 Å². The van der Waals surface area contributed by atoms with Gasteiger partial charge >= 0.3 is 0 Å². The minimum absolute atomic E-state index is 0.101. The third-order valence-corrected chi connectivity index (χ3v) is 4.30. The van der Waals surface area contributed by atoms with E-state index < -0.39 is 5.79 Å². The number of aryl methyl sites for hydroxylation is 1. The van der Waals surface area contributed by atoms with E-state index in [1.54, 1.807) is 0 Å². The van der Waals surface area contributed by atoms with Crippen LogP contribution in [0.3, 0.4) is 0 Å². The molecule has 1 saturated heterocycles. The Labute approximate surface area is 109 Å². The van der Waals surface area contributed by atoms with E-state index in [-0.39, 0.29) is 6.10 Å². The van der Waals surface area contributed by atoms with Crippen LogP contribution in [0.15, 0.2) is 0 Å². The molecule has 1 aromatic heterocycles. The van der Waals surface area contributed by atoms with E-state index in [2.05, 4.69) is 34.6 Å². The van der Waals surface area contributed by atoms with Crippen molar-refractivity contribution in [2.75, 3.05) is 6.61 Å². The standard InChI is InChI=1S/C11H17IN2O2/c1-7-10(12)8(2)14(13-7)5-9-6-15-11(3,4)16-9/h9H,5-6H2,1-4H3/t9-/m1/s1. The highest BCUT2D eigenvalue weighted by atomic mass is 127. The van der Waals surface area contributed by atoms with Gasteiger partial charge in [-0.25, -0.2) is 0 Å². The molecule has 2 rings (SSSR count). The van der Waals surface area contributed by atoms with E-state index in [4.69, 9.17) is 9.47 Å². The van der Waals surface area contributed by atoms with Crippen LogP contribution in [-0.4, -0.2) is 28.3 Å². The maximum atomic E-state index is 5.77. The second-order valence-electron chi connectivity index (χ2n) is 4.62. The Morgan fingerprint density at radius 1 is 1.50 bits per heavy atom. The smallest absolute Gasteiger partial charge is 0.163 e. The zero-order chi connectivity index (χ0) is 11.9. The molecule has 16 heavy (non-hydrogen) atoms. The molecule has 0 bridgehead atoms. The van der Waals surface area contributed by atoms with Gasteiger partial charge in [0.15, 0.2) is 5.79 Å². The predicted molar refractivity (Wildman–Crippen MR) is 69.3 cm³/mol. The van der Waals surface area contributed by atoms with Crippen LogP contribution in [0.5, 0.6) is 0 Å². The maximum absolute atomic E-state index is 5.77. The summed E-state index contributed by atoms with van der Waals surface area (Å²) in [5, 5.41) is 4.49. The average molecular weight is 336 g/mol. The molecular formula is C11H17IN2O2.